The molecule has 1 amide bonds. The second-order valence-corrected chi connectivity index (χ2v) is 3.28. The smallest absolute Gasteiger partial charge is 0.242 e. The fourth-order valence-corrected chi connectivity index (χ4v) is 1.48. The van der Waals surface area contributed by atoms with E-state index in [0.717, 1.165) is 12.1 Å². The first-order chi connectivity index (χ1) is 6.75. The van der Waals surface area contributed by atoms with Crippen molar-refractivity contribution in [3.63, 3.8) is 0 Å². The van der Waals surface area contributed by atoms with Gasteiger partial charge in [0.2, 0.25) is 5.91 Å². The van der Waals surface area contributed by atoms with E-state index in [2.05, 4.69) is 10.6 Å². The molecule has 2 N–H and O–H groups in total. The van der Waals surface area contributed by atoms with Gasteiger partial charge in [-0.15, -0.1) is 0 Å². The summed E-state index contributed by atoms with van der Waals surface area (Å²) in [5, 5.41) is 5.76. The maximum atomic E-state index is 12.6. The van der Waals surface area contributed by atoms with Crippen LogP contribution in [0.25, 0.3) is 0 Å². The van der Waals surface area contributed by atoms with Crippen LogP contribution in [-0.4, -0.2) is 18.5 Å². The topological polar surface area (TPSA) is 41.1 Å². The largest absolute Gasteiger partial charge is 0.374 e. The molecule has 14 heavy (non-hydrogen) atoms. The van der Waals surface area contributed by atoms with Crippen LogP contribution < -0.4 is 10.6 Å². The number of anilines is 1. The van der Waals surface area contributed by atoms with E-state index in [1.54, 1.807) is 12.1 Å². The molecule has 0 aliphatic carbocycles. The average Bonchev–Trinajstić information content (AvgIpc) is 2.56. The minimum Gasteiger partial charge on any atom is -0.374 e. The molecule has 0 radical (unpaired) electrons. The fourth-order valence-electron chi connectivity index (χ4n) is 1.48. The highest BCUT2D eigenvalue weighted by atomic mass is 19.1. The number of hydrogen-bond acceptors (Lipinski definition) is 2. The molecule has 2 rings (SSSR count). The van der Waals surface area contributed by atoms with Crippen LogP contribution in [0.3, 0.4) is 0 Å². The number of carbonyl (C=O) groups is 1. The summed E-state index contributed by atoms with van der Waals surface area (Å²) >= 11 is 0. The van der Waals surface area contributed by atoms with Crippen molar-refractivity contribution in [2.24, 2.45) is 0 Å². The Hall–Kier alpha value is -1.58. The van der Waals surface area contributed by atoms with Gasteiger partial charge in [-0.25, -0.2) is 4.39 Å². The normalized spacial score (nSPS) is 20.6. The monoisotopic (exact) mass is 194 g/mol. The molecule has 3 nitrogen and oxygen atoms in total. The molecule has 74 valence electrons. The van der Waals surface area contributed by atoms with E-state index >= 15 is 0 Å². The Morgan fingerprint density at radius 2 is 2.07 bits per heavy atom. The standard InChI is InChI=1S/C10H11FN2O/c11-7-1-3-8(4-2-7)13-9-5-6-12-10(9)14/h1-4,9,13H,5-6H2,(H,12,14). The molecule has 0 saturated carbocycles. The number of rotatable bonds is 2. The van der Waals surface area contributed by atoms with Gasteiger partial charge < -0.3 is 10.6 Å². The molecule has 0 aromatic heterocycles. The van der Waals surface area contributed by atoms with Gasteiger partial charge in [-0.2, -0.15) is 0 Å². The summed E-state index contributed by atoms with van der Waals surface area (Å²) in [4.78, 5) is 11.2. The van der Waals surface area contributed by atoms with Gasteiger partial charge in [-0.05, 0) is 30.7 Å². The van der Waals surface area contributed by atoms with Gasteiger partial charge in [0.15, 0.2) is 0 Å². The van der Waals surface area contributed by atoms with E-state index < -0.39 is 0 Å². The molecule has 1 heterocycles. The van der Waals surface area contributed by atoms with Crippen molar-refractivity contribution in [1.29, 1.82) is 0 Å². The third-order valence-corrected chi connectivity index (χ3v) is 2.23. The van der Waals surface area contributed by atoms with Crippen molar-refractivity contribution in [2.75, 3.05) is 11.9 Å². The number of benzene rings is 1. The molecular weight excluding hydrogens is 183 g/mol. The molecule has 4 heteroatoms. The first-order valence-electron chi connectivity index (χ1n) is 4.55. The molecule has 1 unspecified atom stereocenters. The van der Waals surface area contributed by atoms with E-state index in [-0.39, 0.29) is 17.8 Å². The third kappa shape index (κ3) is 1.84. The summed E-state index contributed by atoms with van der Waals surface area (Å²) in [6.45, 7) is 0.706. The number of nitrogens with one attached hydrogen (secondary N) is 2. The van der Waals surface area contributed by atoms with Crippen molar-refractivity contribution < 1.29 is 9.18 Å². The summed E-state index contributed by atoms with van der Waals surface area (Å²) in [6, 6.07) is 5.81. The second kappa shape index (κ2) is 3.65. The number of halogens is 1. The van der Waals surface area contributed by atoms with E-state index in [1.165, 1.54) is 12.1 Å². The van der Waals surface area contributed by atoms with Crippen LogP contribution in [0.1, 0.15) is 6.42 Å². The van der Waals surface area contributed by atoms with Gasteiger partial charge in [-0.1, -0.05) is 0 Å². The molecule has 0 spiro atoms. The summed E-state index contributed by atoms with van der Waals surface area (Å²) in [5.41, 5.74) is 0.772. The minimum absolute atomic E-state index is 0.00863. The van der Waals surface area contributed by atoms with E-state index in [1.807, 2.05) is 0 Å². The lowest BCUT2D eigenvalue weighted by atomic mass is 10.2. The number of hydrogen-bond donors (Lipinski definition) is 2. The molecule has 1 atom stereocenters. The van der Waals surface area contributed by atoms with E-state index in [0.29, 0.717) is 6.54 Å². The van der Waals surface area contributed by atoms with Gasteiger partial charge in [0.1, 0.15) is 11.9 Å². The van der Waals surface area contributed by atoms with Crippen LogP contribution in [0.4, 0.5) is 10.1 Å². The summed E-state index contributed by atoms with van der Waals surface area (Å²) in [6.07, 6.45) is 0.774. The fraction of sp³-hybridized carbons (Fsp3) is 0.300. The lowest BCUT2D eigenvalue weighted by molar-refractivity contribution is -0.119. The Morgan fingerprint density at radius 3 is 2.64 bits per heavy atom. The van der Waals surface area contributed by atoms with Crippen molar-refractivity contribution in [3.05, 3.63) is 30.1 Å². The Morgan fingerprint density at radius 1 is 1.36 bits per heavy atom. The lowest BCUT2D eigenvalue weighted by Gasteiger charge is -2.10. The highest BCUT2D eigenvalue weighted by molar-refractivity contribution is 5.86. The lowest BCUT2D eigenvalue weighted by Crippen LogP contribution is -2.29. The van der Waals surface area contributed by atoms with Crippen molar-refractivity contribution in [3.8, 4) is 0 Å². The van der Waals surface area contributed by atoms with Crippen LogP contribution in [0.15, 0.2) is 24.3 Å². The Bertz CT molecular complexity index is 336. The second-order valence-electron chi connectivity index (χ2n) is 3.28. The van der Waals surface area contributed by atoms with Crippen LogP contribution in [0, 0.1) is 5.82 Å². The van der Waals surface area contributed by atoms with Crippen LogP contribution in [-0.2, 0) is 4.79 Å². The van der Waals surface area contributed by atoms with Gasteiger partial charge >= 0.3 is 0 Å². The summed E-state index contributed by atoms with van der Waals surface area (Å²) in [7, 11) is 0. The minimum atomic E-state index is -0.272. The molecule has 1 aromatic rings. The van der Waals surface area contributed by atoms with Crippen LogP contribution in [0.5, 0.6) is 0 Å². The molecular formula is C10H11FN2O. The maximum absolute atomic E-state index is 12.6. The first kappa shape index (κ1) is 8.99. The van der Waals surface area contributed by atoms with Gasteiger partial charge in [0.25, 0.3) is 0 Å². The quantitative estimate of drug-likeness (QED) is 0.740. The molecule has 1 aliphatic rings. The van der Waals surface area contributed by atoms with Crippen LogP contribution >= 0.6 is 0 Å². The number of amides is 1. The Balaban J connectivity index is 2.03. The van der Waals surface area contributed by atoms with Gasteiger partial charge in [0.05, 0.1) is 0 Å². The predicted molar refractivity (Wildman–Crippen MR) is 51.4 cm³/mol. The van der Waals surface area contributed by atoms with Gasteiger partial charge in [-0.3, -0.25) is 4.79 Å². The molecule has 1 saturated heterocycles. The average molecular weight is 194 g/mol. The van der Waals surface area contributed by atoms with Crippen molar-refractivity contribution >= 4 is 11.6 Å². The molecule has 0 bridgehead atoms. The summed E-state index contributed by atoms with van der Waals surface area (Å²) in [5.74, 6) is -0.263. The molecule has 1 fully saturated rings. The highest BCUT2D eigenvalue weighted by Gasteiger charge is 2.23. The maximum Gasteiger partial charge on any atom is 0.242 e. The Kier molecular flexibility index (Phi) is 2.35. The number of carbonyl (C=O) groups excluding carboxylic acids is 1. The van der Waals surface area contributed by atoms with E-state index in [4.69, 9.17) is 0 Å². The predicted octanol–water partition coefficient (Wildman–Crippen LogP) is 1.13. The SMILES string of the molecule is O=C1NCCC1Nc1ccc(F)cc1. The van der Waals surface area contributed by atoms with Crippen LogP contribution in [0.2, 0.25) is 0 Å². The zero-order chi connectivity index (χ0) is 9.97. The zero-order valence-corrected chi connectivity index (χ0v) is 7.59. The third-order valence-electron chi connectivity index (χ3n) is 2.23. The van der Waals surface area contributed by atoms with Gasteiger partial charge in [0, 0.05) is 12.2 Å². The highest BCUT2D eigenvalue weighted by Crippen LogP contribution is 2.12. The molecule has 1 aromatic carbocycles. The summed E-state index contributed by atoms with van der Waals surface area (Å²) < 4.78 is 12.6. The van der Waals surface area contributed by atoms with E-state index in [9.17, 15) is 9.18 Å². The van der Waals surface area contributed by atoms with Crippen molar-refractivity contribution in [2.45, 2.75) is 12.5 Å². The van der Waals surface area contributed by atoms with Crippen molar-refractivity contribution in [1.82, 2.24) is 5.32 Å². The Labute approximate surface area is 81.3 Å². The molecule has 1 aliphatic heterocycles. The first-order valence-corrected chi connectivity index (χ1v) is 4.55. The zero-order valence-electron chi connectivity index (χ0n) is 7.59.